The van der Waals surface area contributed by atoms with Crippen LogP contribution in [0.3, 0.4) is 0 Å². The maximum absolute atomic E-state index is 12.7. The second kappa shape index (κ2) is 10.9. The monoisotopic (exact) mass is 461 g/mol. The van der Waals surface area contributed by atoms with E-state index in [1.807, 2.05) is 13.8 Å². The van der Waals surface area contributed by atoms with Gasteiger partial charge in [0.1, 0.15) is 6.04 Å². The number of amides is 2. The average molecular weight is 461 g/mol. The molecular formula is C20H26F3N3O6. The van der Waals surface area contributed by atoms with Gasteiger partial charge in [-0.1, -0.05) is 26.0 Å². The van der Waals surface area contributed by atoms with Crippen LogP contribution in [0.15, 0.2) is 18.2 Å². The molecule has 32 heavy (non-hydrogen) atoms. The standard InChI is InChI=1S/C18H25N3O4.C2HF3O2/c1-10(2)15(19)17(23)21-9-5-8-13(21)16(22)20-12-7-4-6-11(3)14(12)18(24)25;3-2(4,5)1(6)7/h4,6-7,10,13,15H,5,8-9,19H2,1-3H3,(H,20,22)(H,24,25);(H,6,7). The third-order valence-corrected chi connectivity index (χ3v) is 4.83. The topological polar surface area (TPSA) is 150 Å². The highest BCUT2D eigenvalue weighted by atomic mass is 19.4. The molecule has 1 fully saturated rings. The van der Waals surface area contributed by atoms with Gasteiger partial charge in [0.2, 0.25) is 11.8 Å². The zero-order valence-electron chi connectivity index (χ0n) is 17.8. The minimum atomic E-state index is -5.08. The lowest BCUT2D eigenvalue weighted by molar-refractivity contribution is -0.192. The van der Waals surface area contributed by atoms with E-state index in [4.69, 9.17) is 15.6 Å². The Kier molecular flexibility index (Phi) is 9.19. The summed E-state index contributed by atoms with van der Waals surface area (Å²) in [6.45, 7) is 5.88. The second-order valence-electron chi connectivity index (χ2n) is 7.55. The molecule has 0 aliphatic carbocycles. The number of aliphatic carboxylic acids is 1. The molecule has 0 saturated carbocycles. The highest BCUT2D eigenvalue weighted by Gasteiger charge is 2.38. The van der Waals surface area contributed by atoms with Gasteiger partial charge in [-0.05, 0) is 37.3 Å². The normalized spacial score (nSPS) is 16.8. The molecule has 2 rings (SSSR count). The summed E-state index contributed by atoms with van der Waals surface area (Å²) in [6.07, 6.45) is -3.83. The number of hydrogen-bond acceptors (Lipinski definition) is 5. The summed E-state index contributed by atoms with van der Waals surface area (Å²) >= 11 is 0. The Morgan fingerprint density at radius 3 is 2.22 bits per heavy atom. The van der Waals surface area contributed by atoms with E-state index >= 15 is 0 Å². The van der Waals surface area contributed by atoms with Crippen LogP contribution >= 0.6 is 0 Å². The molecule has 1 aromatic rings. The van der Waals surface area contributed by atoms with Crippen molar-refractivity contribution >= 4 is 29.4 Å². The zero-order chi connectivity index (χ0) is 24.8. The van der Waals surface area contributed by atoms with Crippen LogP contribution in [0.4, 0.5) is 18.9 Å². The first kappa shape index (κ1) is 26.9. The molecule has 1 aliphatic heterocycles. The van der Waals surface area contributed by atoms with Crippen LogP contribution < -0.4 is 11.1 Å². The summed E-state index contributed by atoms with van der Waals surface area (Å²) in [5.74, 6) is -4.50. The molecular weight excluding hydrogens is 435 g/mol. The summed E-state index contributed by atoms with van der Waals surface area (Å²) in [5, 5.41) is 19.2. The first-order valence-electron chi connectivity index (χ1n) is 9.68. The Hall–Kier alpha value is -3.15. The van der Waals surface area contributed by atoms with Crippen molar-refractivity contribution in [2.45, 2.75) is 51.9 Å². The predicted molar refractivity (Wildman–Crippen MR) is 108 cm³/mol. The molecule has 0 aromatic heterocycles. The first-order chi connectivity index (χ1) is 14.7. The number of rotatable bonds is 5. The molecule has 1 aromatic carbocycles. The molecule has 1 heterocycles. The minimum absolute atomic E-state index is 0.0211. The van der Waals surface area contributed by atoms with Crippen LogP contribution in [0.25, 0.3) is 0 Å². The Labute approximate surface area is 182 Å². The SMILES string of the molecule is Cc1cccc(NC(=O)C2CCCN2C(=O)C(N)C(C)C)c1C(=O)O.O=C(O)C(F)(F)F. The zero-order valence-corrected chi connectivity index (χ0v) is 17.8. The number of nitrogens with zero attached hydrogens (tertiary/aromatic N) is 1. The van der Waals surface area contributed by atoms with Gasteiger partial charge in [-0.3, -0.25) is 9.59 Å². The lowest BCUT2D eigenvalue weighted by atomic mass is 10.0. The van der Waals surface area contributed by atoms with E-state index in [0.717, 1.165) is 0 Å². The summed E-state index contributed by atoms with van der Waals surface area (Å²) in [5.41, 5.74) is 6.80. The maximum atomic E-state index is 12.7. The van der Waals surface area contributed by atoms with Gasteiger partial charge in [0, 0.05) is 6.54 Å². The van der Waals surface area contributed by atoms with Gasteiger partial charge >= 0.3 is 18.1 Å². The van der Waals surface area contributed by atoms with Gasteiger partial charge in [-0.25, -0.2) is 9.59 Å². The number of aryl methyl sites for hydroxylation is 1. The molecule has 12 heteroatoms. The number of carbonyl (C=O) groups excluding carboxylic acids is 2. The fourth-order valence-electron chi connectivity index (χ4n) is 3.05. The van der Waals surface area contributed by atoms with Crippen molar-refractivity contribution in [3.63, 3.8) is 0 Å². The molecule has 0 radical (unpaired) electrons. The summed E-state index contributed by atoms with van der Waals surface area (Å²) in [4.78, 5) is 47.0. The number of carboxylic acid groups (broad SMARTS) is 2. The minimum Gasteiger partial charge on any atom is -0.478 e. The number of nitrogens with two attached hydrogens (primary N) is 1. The van der Waals surface area contributed by atoms with Crippen molar-refractivity contribution in [3.05, 3.63) is 29.3 Å². The average Bonchev–Trinajstić information content (AvgIpc) is 3.16. The van der Waals surface area contributed by atoms with Crippen molar-refractivity contribution in [2.75, 3.05) is 11.9 Å². The van der Waals surface area contributed by atoms with E-state index in [0.29, 0.717) is 24.9 Å². The molecule has 9 nitrogen and oxygen atoms in total. The number of anilines is 1. The van der Waals surface area contributed by atoms with Gasteiger partial charge < -0.3 is 26.2 Å². The molecule has 2 amide bonds. The molecule has 1 saturated heterocycles. The Balaban J connectivity index is 0.000000633. The van der Waals surface area contributed by atoms with E-state index in [-0.39, 0.29) is 29.0 Å². The fraction of sp³-hybridized carbons (Fsp3) is 0.500. The van der Waals surface area contributed by atoms with Crippen molar-refractivity contribution in [1.29, 1.82) is 0 Å². The van der Waals surface area contributed by atoms with E-state index in [1.54, 1.807) is 25.1 Å². The number of benzene rings is 1. The van der Waals surface area contributed by atoms with Gasteiger partial charge in [0.25, 0.3) is 0 Å². The lowest BCUT2D eigenvalue weighted by Gasteiger charge is -2.28. The van der Waals surface area contributed by atoms with E-state index in [9.17, 15) is 32.7 Å². The number of alkyl halides is 3. The first-order valence-corrected chi connectivity index (χ1v) is 9.68. The van der Waals surface area contributed by atoms with Gasteiger partial charge in [-0.2, -0.15) is 13.2 Å². The Morgan fingerprint density at radius 1 is 1.19 bits per heavy atom. The van der Waals surface area contributed by atoms with Gasteiger partial charge in [-0.15, -0.1) is 0 Å². The smallest absolute Gasteiger partial charge is 0.478 e. The molecule has 5 N–H and O–H groups in total. The molecule has 0 bridgehead atoms. The molecule has 2 atom stereocenters. The number of likely N-dealkylation sites (tertiary alicyclic amines) is 1. The second-order valence-corrected chi connectivity index (χ2v) is 7.55. The van der Waals surface area contributed by atoms with Crippen LogP contribution in [0.5, 0.6) is 0 Å². The van der Waals surface area contributed by atoms with Crippen molar-refractivity contribution < 1.29 is 42.6 Å². The van der Waals surface area contributed by atoms with Crippen LogP contribution in [0, 0.1) is 12.8 Å². The third kappa shape index (κ3) is 6.94. The number of hydrogen-bond donors (Lipinski definition) is 4. The number of carboxylic acids is 2. The number of aromatic carboxylic acids is 1. The van der Waals surface area contributed by atoms with Crippen molar-refractivity contribution in [1.82, 2.24) is 4.90 Å². The molecule has 178 valence electrons. The highest BCUT2D eigenvalue weighted by Crippen LogP contribution is 2.24. The molecule has 2 unspecified atom stereocenters. The number of carbonyl (C=O) groups is 4. The summed E-state index contributed by atoms with van der Waals surface area (Å²) < 4.78 is 31.7. The van der Waals surface area contributed by atoms with Crippen LogP contribution in [0.1, 0.15) is 42.6 Å². The van der Waals surface area contributed by atoms with Crippen molar-refractivity contribution in [3.8, 4) is 0 Å². The third-order valence-electron chi connectivity index (χ3n) is 4.83. The van der Waals surface area contributed by atoms with E-state index < -0.39 is 30.2 Å². The van der Waals surface area contributed by atoms with E-state index in [2.05, 4.69) is 5.32 Å². The number of halogens is 3. The quantitative estimate of drug-likeness (QED) is 0.525. The largest absolute Gasteiger partial charge is 0.490 e. The Bertz CT molecular complexity index is 873. The molecule has 1 aliphatic rings. The summed E-state index contributed by atoms with van der Waals surface area (Å²) in [7, 11) is 0. The highest BCUT2D eigenvalue weighted by molar-refractivity contribution is 6.04. The number of nitrogens with one attached hydrogen (secondary N) is 1. The van der Waals surface area contributed by atoms with Gasteiger partial charge in [0.15, 0.2) is 0 Å². The molecule has 0 spiro atoms. The maximum Gasteiger partial charge on any atom is 0.490 e. The lowest BCUT2D eigenvalue weighted by Crippen LogP contribution is -2.51. The van der Waals surface area contributed by atoms with Crippen LogP contribution in [0.2, 0.25) is 0 Å². The van der Waals surface area contributed by atoms with Crippen LogP contribution in [-0.4, -0.2) is 63.7 Å². The van der Waals surface area contributed by atoms with E-state index in [1.165, 1.54) is 4.90 Å². The fourth-order valence-corrected chi connectivity index (χ4v) is 3.05. The van der Waals surface area contributed by atoms with Gasteiger partial charge in [0.05, 0.1) is 17.3 Å². The predicted octanol–water partition coefficient (Wildman–Crippen LogP) is 2.24. The van der Waals surface area contributed by atoms with Crippen molar-refractivity contribution in [2.24, 2.45) is 11.7 Å². The van der Waals surface area contributed by atoms with Crippen LogP contribution in [-0.2, 0) is 14.4 Å². The Morgan fingerprint density at radius 2 is 1.75 bits per heavy atom. The summed E-state index contributed by atoms with van der Waals surface area (Å²) in [6, 6.07) is 3.63.